The number of amides is 6. The summed E-state index contributed by atoms with van der Waals surface area (Å²) >= 11 is 0. The van der Waals surface area contributed by atoms with Gasteiger partial charge >= 0.3 is 0 Å². The Bertz CT molecular complexity index is 2300. The van der Waals surface area contributed by atoms with Crippen molar-refractivity contribution in [2.75, 3.05) is 75.6 Å². The molecule has 1 aromatic carbocycles. The molecule has 6 heterocycles. The lowest BCUT2D eigenvalue weighted by atomic mass is 10.0. The quantitative estimate of drug-likeness (QED) is 0.132. The van der Waals surface area contributed by atoms with Crippen LogP contribution in [0.4, 0.5) is 23.1 Å². The van der Waals surface area contributed by atoms with Gasteiger partial charge in [-0.15, -0.1) is 0 Å². The summed E-state index contributed by atoms with van der Waals surface area (Å²) in [5.74, 6) is -1.85. The maximum Gasteiger partial charge on any atom is 0.270 e. The number of aromatic nitrogens is 4. The molecule has 18 nitrogen and oxygen atoms in total. The Balaban J connectivity index is 0.774. The van der Waals surface area contributed by atoms with E-state index in [1.54, 1.807) is 31.3 Å². The van der Waals surface area contributed by atoms with Crippen LogP contribution in [0.2, 0.25) is 0 Å². The van der Waals surface area contributed by atoms with Crippen LogP contribution in [0.5, 0.6) is 0 Å². The number of fused-ring (bicyclic) bond motifs is 2. The van der Waals surface area contributed by atoms with Crippen LogP contribution in [0.15, 0.2) is 48.8 Å². The summed E-state index contributed by atoms with van der Waals surface area (Å²) in [5, 5.41) is 8.97. The zero-order chi connectivity index (χ0) is 41.2. The van der Waals surface area contributed by atoms with Crippen LogP contribution >= 0.6 is 0 Å². The fourth-order valence-corrected chi connectivity index (χ4v) is 8.28. The molecule has 3 aliphatic heterocycles. The second kappa shape index (κ2) is 16.9. The Morgan fingerprint density at radius 3 is 2.46 bits per heavy atom. The summed E-state index contributed by atoms with van der Waals surface area (Å²) in [7, 11) is 3.52. The van der Waals surface area contributed by atoms with Crippen LogP contribution in [-0.2, 0) is 19.1 Å². The minimum absolute atomic E-state index is 0.0200. The average Bonchev–Trinajstić information content (AvgIpc) is 3.95. The third-order valence-electron chi connectivity index (χ3n) is 11.4. The number of nitrogens with zero attached hydrogens (tertiary/aromatic N) is 8. The van der Waals surface area contributed by atoms with Crippen LogP contribution in [-0.4, -0.2) is 136 Å². The molecule has 18 heteroatoms. The Morgan fingerprint density at radius 1 is 0.932 bits per heavy atom. The summed E-state index contributed by atoms with van der Waals surface area (Å²) in [6.07, 6.45) is 8.00. The van der Waals surface area contributed by atoms with E-state index in [-0.39, 0.29) is 60.5 Å². The summed E-state index contributed by atoms with van der Waals surface area (Å²) < 4.78 is 7.87. The van der Waals surface area contributed by atoms with Crippen molar-refractivity contribution in [1.29, 1.82) is 0 Å². The summed E-state index contributed by atoms with van der Waals surface area (Å²) in [6, 6.07) is 9.55. The Morgan fingerprint density at radius 2 is 1.73 bits per heavy atom. The molecule has 4 aliphatic rings. The Hall–Kier alpha value is -6.27. The highest BCUT2D eigenvalue weighted by Crippen LogP contribution is 2.35. The lowest BCUT2D eigenvalue weighted by Crippen LogP contribution is -2.54. The molecule has 1 saturated carbocycles. The number of anilines is 4. The number of nitrogens with one attached hydrogen (secondary N) is 3. The molecule has 0 radical (unpaired) electrons. The summed E-state index contributed by atoms with van der Waals surface area (Å²) in [6.45, 7) is 4.60. The highest BCUT2D eigenvalue weighted by Gasteiger charge is 2.45. The molecule has 3 aromatic heterocycles. The number of hydrogen-bond acceptors (Lipinski definition) is 13. The molecule has 3 fully saturated rings. The van der Waals surface area contributed by atoms with E-state index in [0.29, 0.717) is 30.6 Å². The van der Waals surface area contributed by atoms with E-state index in [1.165, 1.54) is 12.1 Å². The molecule has 0 bridgehead atoms. The number of carbonyl (C=O) groups excluding carboxylic acids is 6. The van der Waals surface area contributed by atoms with Gasteiger partial charge in [-0.05, 0) is 49.6 Å². The fourth-order valence-electron chi connectivity index (χ4n) is 8.28. The van der Waals surface area contributed by atoms with Crippen molar-refractivity contribution in [3.63, 3.8) is 0 Å². The van der Waals surface area contributed by atoms with Crippen molar-refractivity contribution in [3.8, 4) is 0 Å². The normalized spacial score (nSPS) is 18.7. The monoisotopic (exact) mass is 805 g/mol. The number of hydrogen-bond donors (Lipinski definition) is 3. The Kier molecular flexibility index (Phi) is 11.3. The zero-order valence-electron chi connectivity index (χ0n) is 33.1. The third-order valence-corrected chi connectivity index (χ3v) is 11.4. The molecule has 4 aromatic rings. The molecule has 6 amide bonds. The largest absolute Gasteiger partial charge is 0.380 e. The van der Waals surface area contributed by atoms with Gasteiger partial charge in [0.05, 0.1) is 48.3 Å². The highest BCUT2D eigenvalue weighted by atomic mass is 16.5. The van der Waals surface area contributed by atoms with Gasteiger partial charge in [-0.25, -0.2) is 9.97 Å². The number of carbonyl (C=O) groups is 6. The van der Waals surface area contributed by atoms with Crippen molar-refractivity contribution < 1.29 is 33.5 Å². The van der Waals surface area contributed by atoms with E-state index in [4.69, 9.17) is 9.72 Å². The molecule has 8 rings (SSSR count). The number of ether oxygens (including phenoxy) is 1. The van der Waals surface area contributed by atoms with Gasteiger partial charge in [-0.2, -0.15) is 4.98 Å². The van der Waals surface area contributed by atoms with Crippen LogP contribution in [0.1, 0.15) is 82.2 Å². The van der Waals surface area contributed by atoms with Crippen molar-refractivity contribution in [2.24, 2.45) is 0 Å². The van der Waals surface area contributed by atoms with Crippen molar-refractivity contribution in [3.05, 3.63) is 65.6 Å². The number of piperidine rings is 1. The van der Waals surface area contributed by atoms with Gasteiger partial charge in [0.25, 0.3) is 17.7 Å². The summed E-state index contributed by atoms with van der Waals surface area (Å²) in [5.41, 5.74) is 2.70. The van der Waals surface area contributed by atoms with E-state index >= 15 is 0 Å². The number of imide groups is 2. The van der Waals surface area contributed by atoms with E-state index in [9.17, 15) is 28.8 Å². The van der Waals surface area contributed by atoms with Gasteiger partial charge in [0, 0.05) is 70.9 Å². The van der Waals surface area contributed by atoms with Crippen molar-refractivity contribution >= 4 is 69.6 Å². The molecule has 308 valence electrons. The average molecular weight is 806 g/mol. The Labute approximate surface area is 340 Å². The minimum Gasteiger partial charge on any atom is -0.380 e. The van der Waals surface area contributed by atoms with Gasteiger partial charge in [0.15, 0.2) is 0 Å². The van der Waals surface area contributed by atoms with E-state index in [1.807, 2.05) is 24.4 Å². The first-order chi connectivity index (χ1) is 28.5. The lowest BCUT2D eigenvalue weighted by Gasteiger charge is -2.35. The number of rotatable bonds is 13. The lowest BCUT2D eigenvalue weighted by molar-refractivity contribution is -0.136. The molecule has 1 unspecified atom stereocenters. The molecule has 0 spiro atoms. The van der Waals surface area contributed by atoms with Crippen molar-refractivity contribution in [1.82, 2.24) is 39.5 Å². The van der Waals surface area contributed by atoms with Gasteiger partial charge < -0.3 is 29.7 Å². The molecule has 1 atom stereocenters. The predicted octanol–water partition coefficient (Wildman–Crippen LogP) is 2.96. The van der Waals surface area contributed by atoms with Gasteiger partial charge in [-0.3, -0.25) is 43.9 Å². The van der Waals surface area contributed by atoms with Crippen LogP contribution < -0.4 is 20.9 Å². The fraction of sp³-hybridized carbons (Fsp3) is 0.439. The zero-order valence-corrected chi connectivity index (χ0v) is 33.1. The number of pyridine rings is 1. The second-order valence-corrected chi connectivity index (χ2v) is 15.5. The van der Waals surface area contributed by atoms with Crippen LogP contribution in [0, 0.1) is 0 Å². The van der Waals surface area contributed by atoms with E-state index < -0.39 is 29.7 Å². The maximum absolute atomic E-state index is 13.3. The smallest absolute Gasteiger partial charge is 0.270 e. The molecular formula is C41H47N11O7. The van der Waals surface area contributed by atoms with E-state index in [2.05, 4.69) is 40.3 Å². The number of piperazine rings is 1. The topological polar surface area (TPSA) is 204 Å². The predicted molar refractivity (Wildman–Crippen MR) is 216 cm³/mol. The molecule has 1 aliphatic carbocycles. The van der Waals surface area contributed by atoms with Gasteiger partial charge in [0.1, 0.15) is 23.2 Å². The standard InChI is InChI=1S/C41H47N11O7/c1-48(2)39(57)31-22-25-23-43-41(47-36(25)51(31)26-6-3-4-7-26)45-32-12-10-27(24-42-32)50-17-15-49(16-18-50)19-21-59-20-14-34(54)44-29-9-5-8-28-35(29)40(58)52(38(28)56)30-11-13-33(53)46-37(30)55/h5,8-10,12,22-24,26,30H,3-4,6-7,11,13-21H2,1-2H3,(H,44,54)(H,46,53,55)(H,42,43,45,47). The third kappa shape index (κ3) is 8.22. The van der Waals surface area contributed by atoms with Crippen LogP contribution in [0.25, 0.3) is 11.0 Å². The van der Waals surface area contributed by atoms with Crippen LogP contribution in [0.3, 0.4) is 0 Å². The molecular weight excluding hydrogens is 759 g/mol. The maximum atomic E-state index is 13.3. The second-order valence-electron chi connectivity index (χ2n) is 15.5. The SMILES string of the molecule is CN(C)C(=O)c1cc2cnc(Nc3ccc(N4CCN(CCOCCC(=O)Nc5cccc6c5C(=O)N(C5CCC(=O)NC5=O)C6=O)CC4)cn3)nc2n1C1CCCC1. The highest BCUT2D eigenvalue weighted by molar-refractivity contribution is 6.26. The first-order valence-corrected chi connectivity index (χ1v) is 20.1. The molecule has 59 heavy (non-hydrogen) atoms. The van der Waals surface area contributed by atoms with Crippen molar-refractivity contribution in [2.45, 2.75) is 57.0 Å². The molecule has 3 N–H and O–H groups in total. The minimum atomic E-state index is -1.09. The van der Waals surface area contributed by atoms with Gasteiger partial charge in [0.2, 0.25) is 23.7 Å². The van der Waals surface area contributed by atoms with Gasteiger partial charge in [-0.1, -0.05) is 18.9 Å². The number of benzene rings is 1. The summed E-state index contributed by atoms with van der Waals surface area (Å²) in [4.78, 5) is 97.3. The first-order valence-electron chi connectivity index (χ1n) is 20.1. The first kappa shape index (κ1) is 39.6. The van der Waals surface area contributed by atoms with E-state index in [0.717, 1.165) is 73.5 Å². The molecule has 2 saturated heterocycles.